The third-order valence-electron chi connectivity index (χ3n) is 5.07. The van der Waals surface area contributed by atoms with Crippen molar-refractivity contribution in [1.29, 1.82) is 0 Å². The average molecular weight is 377 g/mol. The van der Waals surface area contributed by atoms with Crippen LogP contribution in [0.5, 0.6) is 5.75 Å². The van der Waals surface area contributed by atoms with E-state index in [1.54, 1.807) is 0 Å². The van der Waals surface area contributed by atoms with Crippen molar-refractivity contribution in [2.24, 2.45) is 5.92 Å². The number of ether oxygens (including phenoxy) is 2. The van der Waals surface area contributed by atoms with E-state index in [2.05, 4.69) is 26.0 Å². The fraction of sp³-hybridized carbons (Fsp3) is 0.708. The van der Waals surface area contributed by atoms with Gasteiger partial charge in [-0.05, 0) is 43.4 Å². The Kier molecular flexibility index (Phi) is 13.5. The van der Waals surface area contributed by atoms with Crippen LogP contribution < -0.4 is 4.74 Å². The smallest absolute Gasteiger partial charge is 0.309 e. The third kappa shape index (κ3) is 11.0. The van der Waals surface area contributed by atoms with Gasteiger partial charge in [0, 0.05) is 0 Å². The van der Waals surface area contributed by atoms with Crippen molar-refractivity contribution in [2.75, 3.05) is 13.2 Å². The van der Waals surface area contributed by atoms with Crippen LogP contribution in [0.1, 0.15) is 90.5 Å². The first-order chi connectivity index (χ1) is 13.2. The second-order valence-corrected chi connectivity index (χ2v) is 7.43. The van der Waals surface area contributed by atoms with Gasteiger partial charge in [0.1, 0.15) is 19.0 Å². The molecule has 0 radical (unpaired) electrons. The van der Waals surface area contributed by atoms with Crippen molar-refractivity contribution in [3.63, 3.8) is 0 Å². The molecule has 0 spiro atoms. The van der Waals surface area contributed by atoms with Crippen molar-refractivity contribution in [2.45, 2.75) is 91.4 Å². The van der Waals surface area contributed by atoms with Gasteiger partial charge in [0.25, 0.3) is 0 Å². The molecule has 1 aromatic rings. The summed E-state index contributed by atoms with van der Waals surface area (Å²) in [6, 6.07) is 8.32. The van der Waals surface area contributed by atoms with E-state index in [0.717, 1.165) is 37.9 Å². The van der Waals surface area contributed by atoms with Gasteiger partial charge in [-0.25, -0.2) is 0 Å². The Morgan fingerprint density at radius 3 is 2.19 bits per heavy atom. The molecule has 0 bridgehead atoms. The molecule has 3 heteroatoms. The molecule has 0 aliphatic carbocycles. The lowest BCUT2D eigenvalue weighted by atomic mass is 10.00. The molecule has 0 aliphatic heterocycles. The maximum absolute atomic E-state index is 12.0. The fourth-order valence-electron chi connectivity index (χ4n) is 3.22. The molecule has 0 saturated heterocycles. The summed E-state index contributed by atoms with van der Waals surface area (Å²) in [4.78, 5) is 12.0. The van der Waals surface area contributed by atoms with Crippen molar-refractivity contribution in [3.05, 3.63) is 29.8 Å². The Morgan fingerprint density at radius 1 is 0.852 bits per heavy atom. The van der Waals surface area contributed by atoms with Gasteiger partial charge in [0.15, 0.2) is 0 Å². The molecular weight excluding hydrogens is 336 g/mol. The first kappa shape index (κ1) is 23.5. The normalized spacial score (nSPS) is 12.0. The number of unbranched alkanes of at least 4 members (excludes halogenated alkanes) is 6. The molecule has 0 aliphatic rings. The van der Waals surface area contributed by atoms with E-state index in [1.165, 1.54) is 44.1 Å². The zero-order valence-electron chi connectivity index (χ0n) is 17.8. The van der Waals surface area contributed by atoms with Gasteiger partial charge in [0.2, 0.25) is 0 Å². The highest BCUT2D eigenvalue weighted by Crippen LogP contribution is 2.16. The minimum Gasteiger partial charge on any atom is -0.490 e. The van der Waals surface area contributed by atoms with Crippen LogP contribution in [0.25, 0.3) is 0 Å². The summed E-state index contributed by atoms with van der Waals surface area (Å²) in [6.45, 7) is 7.17. The highest BCUT2D eigenvalue weighted by Gasteiger charge is 2.17. The summed E-state index contributed by atoms with van der Waals surface area (Å²) < 4.78 is 11.1. The number of aryl methyl sites for hydroxylation is 1. The number of carbonyl (C=O) groups is 1. The van der Waals surface area contributed by atoms with E-state index >= 15 is 0 Å². The standard InChI is InChI=1S/C24H40O3/c1-4-7-9-10-11-12-13-21-15-17-23(18-16-21)26-19-20-27-24(25)22(6-3)14-8-5-2/h15-18,22H,4-14,19-20H2,1-3H3. The number of rotatable bonds is 16. The first-order valence-electron chi connectivity index (χ1n) is 11.1. The van der Waals surface area contributed by atoms with E-state index in [4.69, 9.17) is 9.47 Å². The lowest BCUT2D eigenvalue weighted by Gasteiger charge is -2.14. The lowest BCUT2D eigenvalue weighted by molar-refractivity contribution is -0.149. The van der Waals surface area contributed by atoms with Crippen LogP contribution in [0.3, 0.4) is 0 Å². The Bertz CT molecular complexity index is 481. The summed E-state index contributed by atoms with van der Waals surface area (Å²) in [6.07, 6.45) is 13.1. The molecule has 1 aromatic carbocycles. The predicted molar refractivity (Wildman–Crippen MR) is 113 cm³/mol. The highest BCUT2D eigenvalue weighted by atomic mass is 16.6. The van der Waals surface area contributed by atoms with E-state index < -0.39 is 0 Å². The Morgan fingerprint density at radius 2 is 1.52 bits per heavy atom. The topological polar surface area (TPSA) is 35.5 Å². The molecule has 0 amide bonds. The Balaban J connectivity index is 2.17. The second-order valence-electron chi connectivity index (χ2n) is 7.43. The minimum atomic E-state index is -0.0798. The van der Waals surface area contributed by atoms with Crippen molar-refractivity contribution in [3.8, 4) is 5.75 Å². The summed E-state index contributed by atoms with van der Waals surface area (Å²) in [5.74, 6) is 0.797. The molecule has 1 atom stereocenters. The molecule has 1 unspecified atom stereocenters. The summed E-state index contributed by atoms with van der Waals surface area (Å²) in [7, 11) is 0. The fourth-order valence-corrected chi connectivity index (χ4v) is 3.22. The Labute approximate surface area is 166 Å². The molecule has 0 saturated carbocycles. The zero-order chi connectivity index (χ0) is 19.7. The summed E-state index contributed by atoms with van der Waals surface area (Å²) in [5.41, 5.74) is 1.37. The summed E-state index contributed by atoms with van der Waals surface area (Å²) >= 11 is 0. The monoisotopic (exact) mass is 376 g/mol. The van der Waals surface area contributed by atoms with E-state index in [9.17, 15) is 4.79 Å². The molecule has 3 nitrogen and oxygen atoms in total. The van der Waals surface area contributed by atoms with Crippen molar-refractivity contribution < 1.29 is 14.3 Å². The van der Waals surface area contributed by atoms with Gasteiger partial charge >= 0.3 is 5.97 Å². The van der Waals surface area contributed by atoms with Gasteiger partial charge in [-0.2, -0.15) is 0 Å². The maximum Gasteiger partial charge on any atom is 0.309 e. The van der Waals surface area contributed by atoms with Crippen molar-refractivity contribution in [1.82, 2.24) is 0 Å². The van der Waals surface area contributed by atoms with Crippen LogP contribution >= 0.6 is 0 Å². The predicted octanol–water partition coefficient (Wildman–Crippen LogP) is 6.73. The summed E-state index contributed by atoms with van der Waals surface area (Å²) in [5, 5.41) is 0. The van der Waals surface area contributed by atoms with Crippen LogP contribution in [0, 0.1) is 5.92 Å². The third-order valence-corrected chi connectivity index (χ3v) is 5.07. The molecule has 154 valence electrons. The molecule has 27 heavy (non-hydrogen) atoms. The lowest BCUT2D eigenvalue weighted by Crippen LogP contribution is -2.20. The largest absolute Gasteiger partial charge is 0.490 e. The number of carbonyl (C=O) groups excluding carboxylic acids is 1. The van der Waals surface area contributed by atoms with Gasteiger partial charge in [-0.15, -0.1) is 0 Å². The SMILES string of the molecule is CCCCCCCCc1ccc(OCCOC(=O)C(CC)CCCC)cc1. The van der Waals surface area contributed by atoms with Gasteiger partial charge in [0.05, 0.1) is 5.92 Å². The van der Waals surface area contributed by atoms with E-state index in [0.29, 0.717) is 13.2 Å². The number of benzene rings is 1. The quantitative estimate of drug-likeness (QED) is 0.237. The van der Waals surface area contributed by atoms with Crippen LogP contribution in [0.15, 0.2) is 24.3 Å². The maximum atomic E-state index is 12.0. The number of hydrogen-bond donors (Lipinski definition) is 0. The van der Waals surface area contributed by atoms with Gasteiger partial charge in [-0.1, -0.05) is 77.8 Å². The van der Waals surface area contributed by atoms with Crippen LogP contribution in [0.4, 0.5) is 0 Å². The first-order valence-corrected chi connectivity index (χ1v) is 11.1. The van der Waals surface area contributed by atoms with Gasteiger partial charge in [-0.3, -0.25) is 4.79 Å². The second kappa shape index (κ2) is 15.5. The molecular formula is C24H40O3. The molecule has 0 fully saturated rings. The Hall–Kier alpha value is -1.51. The molecule has 0 heterocycles. The van der Waals surface area contributed by atoms with Crippen LogP contribution in [-0.2, 0) is 16.0 Å². The van der Waals surface area contributed by atoms with Crippen LogP contribution in [-0.4, -0.2) is 19.2 Å². The zero-order valence-corrected chi connectivity index (χ0v) is 17.8. The van der Waals surface area contributed by atoms with E-state index in [-0.39, 0.29) is 11.9 Å². The van der Waals surface area contributed by atoms with Gasteiger partial charge < -0.3 is 9.47 Å². The molecule has 1 rings (SSSR count). The number of esters is 1. The average Bonchev–Trinajstić information content (AvgIpc) is 2.69. The van der Waals surface area contributed by atoms with E-state index in [1.807, 2.05) is 19.1 Å². The molecule has 0 N–H and O–H groups in total. The minimum absolute atomic E-state index is 0.0335. The van der Waals surface area contributed by atoms with Crippen LogP contribution in [0.2, 0.25) is 0 Å². The molecule has 0 aromatic heterocycles. The number of hydrogen-bond acceptors (Lipinski definition) is 3. The van der Waals surface area contributed by atoms with Crippen molar-refractivity contribution >= 4 is 5.97 Å². The highest BCUT2D eigenvalue weighted by molar-refractivity contribution is 5.72.